The summed E-state index contributed by atoms with van der Waals surface area (Å²) in [4.78, 5) is 0. The zero-order valence-corrected chi connectivity index (χ0v) is 12.9. The van der Waals surface area contributed by atoms with E-state index in [4.69, 9.17) is 16.0 Å². The number of hydrogen-bond donors (Lipinski definition) is 0. The second kappa shape index (κ2) is 5.26. The van der Waals surface area contributed by atoms with E-state index in [9.17, 15) is 0 Å². The van der Waals surface area contributed by atoms with E-state index in [1.54, 1.807) is 0 Å². The minimum absolute atomic E-state index is 0.410. The Kier molecular flexibility index (Phi) is 4.43. The fraction of sp³-hybridized carbons (Fsp3) is 0.429. The van der Waals surface area contributed by atoms with E-state index in [0.717, 1.165) is 5.56 Å². The van der Waals surface area contributed by atoms with Gasteiger partial charge < -0.3 is 4.43 Å². The Morgan fingerprint density at radius 1 is 1.24 bits per heavy atom. The van der Waals surface area contributed by atoms with Gasteiger partial charge in [-0.15, -0.1) is 0 Å². The molecule has 92 valence electrons. The lowest BCUT2D eigenvalue weighted by Crippen LogP contribution is -2.37. The standard InChI is InChI=1S/C14H19ClOSi/c1-14(2,16-17(3,4)5)10-9-12-7-6-8-13(15)11-12/h6-8,11H,1-5H3. The Balaban J connectivity index is 2.84. The van der Waals surface area contributed by atoms with Gasteiger partial charge >= 0.3 is 0 Å². The van der Waals surface area contributed by atoms with E-state index < -0.39 is 13.9 Å². The van der Waals surface area contributed by atoms with Crippen molar-refractivity contribution in [1.29, 1.82) is 0 Å². The van der Waals surface area contributed by atoms with Crippen molar-refractivity contribution in [1.82, 2.24) is 0 Å². The average molecular weight is 267 g/mol. The summed E-state index contributed by atoms with van der Waals surface area (Å²) >= 11 is 5.91. The molecule has 1 nitrogen and oxygen atoms in total. The zero-order chi connectivity index (χ0) is 13.1. The van der Waals surface area contributed by atoms with Crippen molar-refractivity contribution in [2.24, 2.45) is 0 Å². The van der Waals surface area contributed by atoms with Gasteiger partial charge in [-0.2, -0.15) is 0 Å². The van der Waals surface area contributed by atoms with Crippen LogP contribution in [0.5, 0.6) is 0 Å². The molecule has 0 saturated heterocycles. The minimum Gasteiger partial charge on any atom is -0.402 e. The van der Waals surface area contributed by atoms with E-state index in [1.165, 1.54) is 0 Å². The summed E-state index contributed by atoms with van der Waals surface area (Å²) in [6, 6.07) is 7.55. The molecule has 0 unspecified atom stereocenters. The summed E-state index contributed by atoms with van der Waals surface area (Å²) in [5.41, 5.74) is 0.511. The average Bonchev–Trinajstić information content (AvgIpc) is 2.11. The fourth-order valence-corrected chi connectivity index (χ4v) is 3.35. The molecule has 0 spiro atoms. The van der Waals surface area contributed by atoms with Gasteiger partial charge in [-0.25, -0.2) is 0 Å². The van der Waals surface area contributed by atoms with Gasteiger partial charge in [0.25, 0.3) is 0 Å². The molecule has 17 heavy (non-hydrogen) atoms. The smallest absolute Gasteiger partial charge is 0.185 e. The van der Waals surface area contributed by atoms with Gasteiger partial charge in [0.2, 0.25) is 0 Å². The number of rotatable bonds is 2. The monoisotopic (exact) mass is 266 g/mol. The third-order valence-corrected chi connectivity index (χ3v) is 3.25. The largest absolute Gasteiger partial charge is 0.402 e. The van der Waals surface area contributed by atoms with Crippen molar-refractivity contribution in [3.63, 3.8) is 0 Å². The molecule has 0 aliphatic carbocycles. The molecule has 0 atom stereocenters. The highest BCUT2D eigenvalue weighted by molar-refractivity contribution is 6.69. The lowest BCUT2D eigenvalue weighted by Gasteiger charge is -2.28. The first-order chi connectivity index (χ1) is 7.68. The van der Waals surface area contributed by atoms with E-state index in [-0.39, 0.29) is 0 Å². The van der Waals surface area contributed by atoms with Crippen LogP contribution in [0.1, 0.15) is 19.4 Å². The maximum atomic E-state index is 6.01. The van der Waals surface area contributed by atoms with Crippen LogP contribution in [0.25, 0.3) is 0 Å². The first kappa shape index (κ1) is 14.3. The Labute approximate surface area is 110 Å². The van der Waals surface area contributed by atoms with Crippen LogP contribution >= 0.6 is 11.6 Å². The first-order valence-electron chi connectivity index (χ1n) is 5.67. The molecule has 1 rings (SSSR count). The van der Waals surface area contributed by atoms with E-state index in [1.807, 2.05) is 38.1 Å². The van der Waals surface area contributed by atoms with Gasteiger partial charge in [0, 0.05) is 10.6 Å². The molecule has 0 aliphatic heterocycles. The summed E-state index contributed by atoms with van der Waals surface area (Å²) in [6.45, 7) is 10.5. The Morgan fingerprint density at radius 2 is 1.88 bits per heavy atom. The predicted octanol–water partition coefficient (Wildman–Crippen LogP) is 4.32. The molecular weight excluding hydrogens is 248 g/mol. The lowest BCUT2D eigenvalue weighted by atomic mass is 10.1. The van der Waals surface area contributed by atoms with Crippen molar-refractivity contribution < 1.29 is 4.43 Å². The third-order valence-electron chi connectivity index (χ3n) is 1.89. The van der Waals surface area contributed by atoms with Crippen molar-refractivity contribution >= 4 is 19.9 Å². The molecule has 0 amide bonds. The predicted molar refractivity (Wildman–Crippen MR) is 76.8 cm³/mol. The highest BCUT2D eigenvalue weighted by Gasteiger charge is 2.25. The van der Waals surface area contributed by atoms with Crippen LogP contribution in [-0.2, 0) is 4.43 Å². The van der Waals surface area contributed by atoms with Crippen LogP contribution in [-0.4, -0.2) is 13.9 Å². The second-order valence-corrected chi connectivity index (χ2v) is 10.4. The number of benzene rings is 1. The van der Waals surface area contributed by atoms with Gasteiger partial charge in [-0.1, -0.05) is 29.5 Å². The van der Waals surface area contributed by atoms with Crippen LogP contribution in [0.15, 0.2) is 24.3 Å². The van der Waals surface area contributed by atoms with Gasteiger partial charge in [0.15, 0.2) is 8.32 Å². The van der Waals surface area contributed by atoms with Crippen molar-refractivity contribution in [3.8, 4) is 11.8 Å². The number of halogens is 1. The van der Waals surface area contributed by atoms with Crippen molar-refractivity contribution in [2.45, 2.75) is 39.1 Å². The molecule has 3 heteroatoms. The van der Waals surface area contributed by atoms with E-state index in [0.29, 0.717) is 5.02 Å². The molecule has 0 bridgehead atoms. The molecule has 0 heterocycles. The van der Waals surface area contributed by atoms with E-state index in [2.05, 4.69) is 31.5 Å². The maximum absolute atomic E-state index is 6.01. The molecule has 0 N–H and O–H groups in total. The normalized spacial score (nSPS) is 11.9. The van der Waals surface area contributed by atoms with Crippen molar-refractivity contribution in [3.05, 3.63) is 34.9 Å². The molecule has 0 fully saturated rings. The Bertz CT molecular complexity index is 449. The summed E-state index contributed by atoms with van der Waals surface area (Å²) in [7, 11) is -1.57. The lowest BCUT2D eigenvalue weighted by molar-refractivity contribution is 0.164. The van der Waals surface area contributed by atoms with Crippen LogP contribution < -0.4 is 0 Å². The van der Waals surface area contributed by atoms with Gasteiger partial charge in [0.1, 0.15) is 5.60 Å². The van der Waals surface area contributed by atoms with Crippen LogP contribution in [0.2, 0.25) is 24.7 Å². The minimum atomic E-state index is -1.57. The van der Waals surface area contributed by atoms with Crippen LogP contribution in [0.3, 0.4) is 0 Å². The second-order valence-electron chi connectivity index (χ2n) is 5.49. The fourth-order valence-electron chi connectivity index (χ4n) is 1.58. The van der Waals surface area contributed by atoms with Crippen LogP contribution in [0.4, 0.5) is 0 Å². The SMILES string of the molecule is CC(C)(C#Cc1cccc(Cl)c1)O[Si](C)(C)C. The van der Waals surface area contributed by atoms with Crippen molar-refractivity contribution in [2.75, 3.05) is 0 Å². The third kappa shape index (κ3) is 5.93. The maximum Gasteiger partial charge on any atom is 0.185 e. The van der Waals surface area contributed by atoms with Gasteiger partial charge in [-0.05, 0) is 51.7 Å². The van der Waals surface area contributed by atoms with Gasteiger partial charge in [-0.3, -0.25) is 0 Å². The van der Waals surface area contributed by atoms with Gasteiger partial charge in [0.05, 0.1) is 0 Å². The van der Waals surface area contributed by atoms with Crippen LogP contribution in [0, 0.1) is 11.8 Å². The molecule has 0 radical (unpaired) electrons. The Hall–Kier alpha value is -0.753. The molecule has 0 aliphatic rings. The summed E-state index contributed by atoms with van der Waals surface area (Å²) in [6.07, 6.45) is 0. The molecule has 1 aromatic rings. The summed E-state index contributed by atoms with van der Waals surface area (Å²) in [5, 5.41) is 0.709. The highest BCUT2D eigenvalue weighted by atomic mass is 35.5. The zero-order valence-electron chi connectivity index (χ0n) is 11.1. The summed E-state index contributed by atoms with van der Waals surface area (Å²) in [5.74, 6) is 6.27. The van der Waals surface area contributed by atoms with E-state index >= 15 is 0 Å². The topological polar surface area (TPSA) is 9.23 Å². The first-order valence-corrected chi connectivity index (χ1v) is 9.45. The number of hydrogen-bond acceptors (Lipinski definition) is 1. The molecule has 1 aromatic carbocycles. The summed E-state index contributed by atoms with van der Waals surface area (Å²) < 4.78 is 6.01. The highest BCUT2D eigenvalue weighted by Crippen LogP contribution is 2.17. The molecule has 0 aromatic heterocycles. The molecule has 0 saturated carbocycles. The quantitative estimate of drug-likeness (QED) is 0.572. The Morgan fingerprint density at radius 3 is 2.41 bits per heavy atom. The molecular formula is C14H19ClOSi.